The quantitative estimate of drug-likeness (QED) is 0.771. The van der Waals surface area contributed by atoms with Crippen LogP contribution in [0.5, 0.6) is 0 Å². The van der Waals surface area contributed by atoms with Gasteiger partial charge in [0.25, 0.3) is 5.91 Å². The van der Waals surface area contributed by atoms with Crippen molar-refractivity contribution in [3.8, 4) is 0 Å². The minimum absolute atomic E-state index is 0.0141. The van der Waals surface area contributed by atoms with E-state index in [1.165, 1.54) is 0 Å². The van der Waals surface area contributed by atoms with Gasteiger partial charge < -0.3 is 19.6 Å². The number of piperazine rings is 2. The van der Waals surface area contributed by atoms with E-state index in [0.29, 0.717) is 31.7 Å². The normalized spacial score (nSPS) is 19.5. The highest BCUT2D eigenvalue weighted by Crippen LogP contribution is 2.21. The Bertz CT molecular complexity index is 605. The highest BCUT2D eigenvalue weighted by molar-refractivity contribution is 5.99. The third kappa shape index (κ3) is 3.51. The monoisotopic (exact) mass is 331 g/mol. The van der Waals surface area contributed by atoms with E-state index in [4.69, 9.17) is 0 Å². The topological polar surface area (TPSA) is 60.0 Å². The standard InChI is InChI=1S/C17H25N5O2/c1-14(23)20-10-12-22(13-11-20)17(24)15-4-3-5-18-16(15)21-8-6-19(2)7-9-21/h3-5H,6-13H2,1-2H3. The van der Waals surface area contributed by atoms with Crippen LogP contribution in [0.2, 0.25) is 0 Å². The highest BCUT2D eigenvalue weighted by atomic mass is 16.2. The zero-order valence-electron chi connectivity index (χ0n) is 14.4. The number of amides is 2. The van der Waals surface area contributed by atoms with Crippen LogP contribution >= 0.6 is 0 Å². The number of carbonyl (C=O) groups excluding carboxylic acids is 2. The van der Waals surface area contributed by atoms with Crippen LogP contribution in [0.25, 0.3) is 0 Å². The van der Waals surface area contributed by atoms with E-state index in [9.17, 15) is 9.59 Å². The van der Waals surface area contributed by atoms with Crippen molar-refractivity contribution >= 4 is 17.6 Å². The molecule has 2 fully saturated rings. The van der Waals surface area contributed by atoms with E-state index in [1.807, 2.05) is 17.0 Å². The van der Waals surface area contributed by atoms with Gasteiger partial charge in [0, 0.05) is 65.5 Å². The second-order valence-electron chi connectivity index (χ2n) is 6.46. The van der Waals surface area contributed by atoms with Crippen LogP contribution in [0.1, 0.15) is 17.3 Å². The van der Waals surface area contributed by atoms with Gasteiger partial charge in [0.2, 0.25) is 5.91 Å². The minimum Gasteiger partial charge on any atom is -0.353 e. The van der Waals surface area contributed by atoms with Gasteiger partial charge >= 0.3 is 0 Å². The van der Waals surface area contributed by atoms with E-state index in [0.717, 1.165) is 32.0 Å². The van der Waals surface area contributed by atoms with Gasteiger partial charge in [-0.1, -0.05) is 0 Å². The fourth-order valence-corrected chi connectivity index (χ4v) is 3.23. The van der Waals surface area contributed by atoms with Crippen molar-refractivity contribution in [3.05, 3.63) is 23.9 Å². The van der Waals surface area contributed by atoms with Crippen molar-refractivity contribution in [2.45, 2.75) is 6.92 Å². The molecule has 1 aromatic heterocycles. The second kappa shape index (κ2) is 7.17. The molecule has 0 aliphatic carbocycles. The molecule has 1 aromatic rings. The summed E-state index contributed by atoms with van der Waals surface area (Å²) in [4.78, 5) is 37.0. The first kappa shape index (κ1) is 16.7. The summed E-state index contributed by atoms with van der Waals surface area (Å²) in [5, 5.41) is 0. The third-order valence-corrected chi connectivity index (χ3v) is 4.83. The number of nitrogens with zero attached hydrogens (tertiary/aromatic N) is 5. The average Bonchev–Trinajstić information content (AvgIpc) is 2.62. The highest BCUT2D eigenvalue weighted by Gasteiger charge is 2.27. The summed E-state index contributed by atoms with van der Waals surface area (Å²) in [5.74, 6) is 0.867. The number of pyridine rings is 1. The Kier molecular flexibility index (Phi) is 4.99. The summed E-state index contributed by atoms with van der Waals surface area (Å²) in [6.45, 7) is 7.65. The van der Waals surface area contributed by atoms with E-state index in [1.54, 1.807) is 18.0 Å². The Hall–Kier alpha value is -2.15. The number of hydrogen-bond acceptors (Lipinski definition) is 5. The Morgan fingerprint density at radius 1 is 0.958 bits per heavy atom. The Morgan fingerprint density at radius 2 is 1.58 bits per heavy atom. The van der Waals surface area contributed by atoms with Gasteiger partial charge in [-0.2, -0.15) is 0 Å². The maximum Gasteiger partial charge on any atom is 0.257 e. The van der Waals surface area contributed by atoms with Crippen LogP contribution in [0.4, 0.5) is 5.82 Å². The van der Waals surface area contributed by atoms with Crippen molar-refractivity contribution < 1.29 is 9.59 Å². The number of anilines is 1. The molecular formula is C17H25N5O2. The molecule has 3 heterocycles. The summed E-state index contributed by atoms with van der Waals surface area (Å²) in [6, 6.07) is 3.68. The number of hydrogen-bond donors (Lipinski definition) is 0. The number of rotatable bonds is 2. The molecule has 0 aromatic carbocycles. The largest absolute Gasteiger partial charge is 0.353 e. The van der Waals surface area contributed by atoms with E-state index in [-0.39, 0.29) is 11.8 Å². The fraction of sp³-hybridized carbons (Fsp3) is 0.588. The van der Waals surface area contributed by atoms with Gasteiger partial charge in [-0.3, -0.25) is 9.59 Å². The molecule has 24 heavy (non-hydrogen) atoms. The Morgan fingerprint density at radius 3 is 2.21 bits per heavy atom. The summed E-state index contributed by atoms with van der Waals surface area (Å²) < 4.78 is 0. The van der Waals surface area contributed by atoms with Gasteiger partial charge in [0.05, 0.1) is 5.56 Å². The molecule has 2 aliphatic heterocycles. The molecule has 0 bridgehead atoms. The predicted molar refractivity (Wildman–Crippen MR) is 92.1 cm³/mol. The third-order valence-electron chi connectivity index (χ3n) is 4.83. The van der Waals surface area contributed by atoms with Gasteiger partial charge in [-0.25, -0.2) is 4.98 Å². The van der Waals surface area contributed by atoms with Gasteiger partial charge in [-0.05, 0) is 19.2 Å². The lowest BCUT2D eigenvalue weighted by Crippen LogP contribution is -2.50. The lowest BCUT2D eigenvalue weighted by molar-refractivity contribution is -0.130. The molecule has 0 unspecified atom stereocenters. The zero-order valence-corrected chi connectivity index (χ0v) is 14.4. The summed E-state index contributed by atoms with van der Waals surface area (Å²) in [7, 11) is 2.11. The van der Waals surface area contributed by atoms with Crippen molar-refractivity contribution in [1.29, 1.82) is 0 Å². The van der Waals surface area contributed by atoms with Crippen molar-refractivity contribution in [2.24, 2.45) is 0 Å². The van der Waals surface area contributed by atoms with Crippen LogP contribution in [-0.2, 0) is 4.79 Å². The minimum atomic E-state index is 0.0141. The average molecular weight is 331 g/mol. The molecule has 0 spiro atoms. The first-order chi connectivity index (χ1) is 11.6. The summed E-state index contributed by atoms with van der Waals surface area (Å²) in [5.41, 5.74) is 0.665. The SMILES string of the molecule is CC(=O)N1CCN(C(=O)c2cccnc2N2CCN(C)CC2)CC1. The van der Waals surface area contributed by atoms with Crippen molar-refractivity contribution in [1.82, 2.24) is 19.7 Å². The second-order valence-corrected chi connectivity index (χ2v) is 6.46. The smallest absolute Gasteiger partial charge is 0.257 e. The molecule has 130 valence electrons. The van der Waals surface area contributed by atoms with Crippen LogP contribution in [0.3, 0.4) is 0 Å². The van der Waals surface area contributed by atoms with E-state index >= 15 is 0 Å². The summed E-state index contributed by atoms with van der Waals surface area (Å²) in [6.07, 6.45) is 1.75. The molecule has 0 radical (unpaired) electrons. The van der Waals surface area contributed by atoms with Crippen molar-refractivity contribution in [2.75, 3.05) is 64.3 Å². The van der Waals surface area contributed by atoms with Crippen molar-refractivity contribution in [3.63, 3.8) is 0 Å². The molecule has 0 atom stereocenters. The van der Waals surface area contributed by atoms with Gasteiger partial charge in [-0.15, -0.1) is 0 Å². The molecule has 7 heteroatoms. The molecule has 0 saturated carbocycles. The van der Waals surface area contributed by atoms with Gasteiger partial charge in [0.15, 0.2) is 0 Å². The molecule has 3 rings (SSSR count). The van der Waals surface area contributed by atoms with E-state index in [2.05, 4.69) is 21.8 Å². The molecule has 7 nitrogen and oxygen atoms in total. The zero-order chi connectivity index (χ0) is 17.1. The number of aromatic nitrogens is 1. The Balaban J connectivity index is 1.73. The Labute approximate surface area is 142 Å². The number of carbonyl (C=O) groups is 2. The fourth-order valence-electron chi connectivity index (χ4n) is 3.23. The number of likely N-dealkylation sites (N-methyl/N-ethyl adjacent to an activating group) is 1. The van der Waals surface area contributed by atoms with Crippen LogP contribution in [0, 0.1) is 0 Å². The van der Waals surface area contributed by atoms with Crippen LogP contribution < -0.4 is 4.90 Å². The molecule has 2 saturated heterocycles. The lowest BCUT2D eigenvalue weighted by atomic mass is 10.1. The van der Waals surface area contributed by atoms with Crippen LogP contribution in [-0.4, -0.2) is 90.9 Å². The van der Waals surface area contributed by atoms with Gasteiger partial charge in [0.1, 0.15) is 5.82 Å². The maximum absolute atomic E-state index is 12.9. The van der Waals surface area contributed by atoms with E-state index < -0.39 is 0 Å². The molecule has 2 amide bonds. The molecular weight excluding hydrogens is 306 g/mol. The summed E-state index contributed by atoms with van der Waals surface area (Å²) >= 11 is 0. The molecule has 2 aliphatic rings. The van der Waals surface area contributed by atoms with Crippen LogP contribution in [0.15, 0.2) is 18.3 Å². The predicted octanol–water partition coefficient (Wildman–Crippen LogP) is 0.138. The molecule has 0 N–H and O–H groups in total. The first-order valence-corrected chi connectivity index (χ1v) is 8.49. The first-order valence-electron chi connectivity index (χ1n) is 8.49. The lowest BCUT2D eigenvalue weighted by Gasteiger charge is -2.36. The maximum atomic E-state index is 12.9.